The Kier molecular flexibility index (Phi) is 4.70. The summed E-state index contributed by atoms with van der Waals surface area (Å²) in [4.78, 5) is 27.6. The van der Waals surface area contributed by atoms with Crippen LogP contribution in [0.4, 0.5) is 4.39 Å². The van der Waals surface area contributed by atoms with Gasteiger partial charge in [-0.1, -0.05) is 19.9 Å². The van der Waals surface area contributed by atoms with Gasteiger partial charge in [0.1, 0.15) is 11.9 Å². The van der Waals surface area contributed by atoms with E-state index < -0.39 is 23.7 Å². The van der Waals surface area contributed by atoms with Gasteiger partial charge in [-0.3, -0.25) is 9.78 Å². The number of aliphatic carboxylic acids is 1. The molecule has 1 aromatic heterocycles. The topological polar surface area (TPSA) is 79.3 Å². The number of nitrogens with zero attached hydrogens (tertiary/aromatic N) is 1. The highest BCUT2D eigenvalue weighted by atomic mass is 19.1. The fraction of sp³-hybridized carbons (Fsp3) is 0.312. The number of fused-ring (bicyclic) bond motifs is 1. The fourth-order valence-corrected chi connectivity index (χ4v) is 2.26. The highest BCUT2D eigenvalue weighted by molar-refractivity contribution is 6.06. The number of hydrogen-bond donors (Lipinski definition) is 2. The molecule has 0 unspecified atom stereocenters. The largest absolute Gasteiger partial charge is 0.480 e. The quantitative estimate of drug-likeness (QED) is 0.890. The van der Waals surface area contributed by atoms with Gasteiger partial charge in [0.2, 0.25) is 0 Å². The van der Waals surface area contributed by atoms with Crippen molar-refractivity contribution in [2.45, 2.75) is 26.3 Å². The van der Waals surface area contributed by atoms with E-state index in [-0.39, 0.29) is 11.5 Å². The third-order valence-electron chi connectivity index (χ3n) is 3.22. The molecule has 6 heteroatoms. The van der Waals surface area contributed by atoms with Crippen molar-refractivity contribution in [1.82, 2.24) is 10.3 Å². The van der Waals surface area contributed by atoms with E-state index in [1.165, 1.54) is 12.3 Å². The van der Waals surface area contributed by atoms with Crippen LogP contribution in [-0.4, -0.2) is 28.0 Å². The van der Waals surface area contributed by atoms with Crippen molar-refractivity contribution < 1.29 is 19.1 Å². The normalized spacial score (nSPS) is 12.4. The smallest absolute Gasteiger partial charge is 0.326 e. The minimum atomic E-state index is -1.12. The van der Waals surface area contributed by atoms with E-state index in [9.17, 15) is 19.1 Å². The Morgan fingerprint density at radius 1 is 1.36 bits per heavy atom. The van der Waals surface area contributed by atoms with E-state index in [4.69, 9.17) is 0 Å². The van der Waals surface area contributed by atoms with Gasteiger partial charge in [0.25, 0.3) is 5.91 Å². The van der Waals surface area contributed by atoms with Crippen molar-refractivity contribution in [2.75, 3.05) is 0 Å². The van der Waals surface area contributed by atoms with E-state index >= 15 is 0 Å². The maximum absolute atomic E-state index is 13.6. The number of carbonyl (C=O) groups excluding carboxylic acids is 1. The van der Waals surface area contributed by atoms with Crippen LogP contribution in [0.5, 0.6) is 0 Å². The van der Waals surface area contributed by atoms with Crippen LogP contribution < -0.4 is 5.32 Å². The molecule has 1 atom stereocenters. The van der Waals surface area contributed by atoms with Crippen LogP contribution >= 0.6 is 0 Å². The summed E-state index contributed by atoms with van der Waals surface area (Å²) in [6.07, 6.45) is 1.79. The number of amides is 1. The molecule has 2 rings (SSSR count). The third kappa shape index (κ3) is 3.58. The molecule has 2 aromatic rings. The van der Waals surface area contributed by atoms with E-state index in [0.717, 1.165) is 6.07 Å². The number of carbonyl (C=O) groups is 2. The lowest BCUT2D eigenvalue weighted by Gasteiger charge is -2.17. The molecule has 0 aliphatic heterocycles. The van der Waals surface area contributed by atoms with Gasteiger partial charge in [-0.2, -0.15) is 0 Å². The minimum absolute atomic E-state index is 0.0330. The Bertz CT molecular complexity index is 716. The number of halogens is 1. The van der Waals surface area contributed by atoms with Crippen molar-refractivity contribution in [1.29, 1.82) is 0 Å². The van der Waals surface area contributed by atoms with Crippen LogP contribution in [0.1, 0.15) is 30.6 Å². The van der Waals surface area contributed by atoms with Crippen molar-refractivity contribution in [3.05, 3.63) is 41.8 Å². The first kappa shape index (κ1) is 15.9. The van der Waals surface area contributed by atoms with Crippen LogP contribution in [-0.2, 0) is 4.79 Å². The van der Waals surface area contributed by atoms with E-state index in [2.05, 4.69) is 10.3 Å². The molecule has 0 aliphatic rings. The summed E-state index contributed by atoms with van der Waals surface area (Å²) >= 11 is 0. The molecule has 22 heavy (non-hydrogen) atoms. The van der Waals surface area contributed by atoms with E-state index in [0.29, 0.717) is 17.3 Å². The van der Waals surface area contributed by atoms with Crippen LogP contribution in [0.2, 0.25) is 0 Å². The van der Waals surface area contributed by atoms with Gasteiger partial charge in [-0.25, -0.2) is 9.18 Å². The molecule has 116 valence electrons. The molecular weight excluding hydrogens is 287 g/mol. The van der Waals surface area contributed by atoms with Crippen LogP contribution in [0.15, 0.2) is 30.5 Å². The molecule has 0 spiro atoms. The lowest BCUT2D eigenvalue weighted by atomic mass is 10.0. The highest BCUT2D eigenvalue weighted by Crippen LogP contribution is 2.19. The second-order valence-corrected chi connectivity index (χ2v) is 5.52. The summed E-state index contributed by atoms with van der Waals surface area (Å²) in [6.45, 7) is 3.72. The lowest BCUT2D eigenvalue weighted by molar-refractivity contribution is -0.139. The average molecular weight is 304 g/mol. The molecule has 0 aliphatic carbocycles. The Hall–Kier alpha value is -2.50. The fourth-order valence-electron chi connectivity index (χ4n) is 2.26. The van der Waals surface area contributed by atoms with Gasteiger partial charge >= 0.3 is 5.97 Å². The van der Waals surface area contributed by atoms with E-state index in [1.54, 1.807) is 12.1 Å². The molecule has 2 N–H and O–H groups in total. The average Bonchev–Trinajstić information content (AvgIpc) is 2.44. The first-order valence-electron chi connectivity index (χ1n) is 6.96. The van der Waals surface area contributed by atoms with Gasteiger partial charge in [-0.05, 0) is 30.5 Å². The molecule has 0 fully saturated rings. The van der Waals surface area contributed by atoms with Crippen molar-refractivity contribution in [3.8, 4) is 0 Å². The van der Waals surface area contributed by atoms with Crippen molar-refractivity contribution >= 4 is 22.8 Å². The second kappa shape index (κ2) is 6.51. The Morgan fingerprint density at radius 2 is 2.09 bits per heavy atom. The molecule has 1 aromatic carbocycles. The van der Waals surface area contributed by atoms with Gasteiger partial charge in [0, 0.05) is 11.6 Å². The minimum Gasteiger partial charge on any atom is -0.480 e. The van der Waals surface area contributed by atoms with Crippen LogP contribution in [0.25, 0.3) is 10.9 Å². The number of nitrogens with one attached hydrogen (secondary N) is 1. The van der Waals surface area contributed by atoms with Crippen molar-refractivity contribution in [3.63, 3.8) is 0 Å². The van der Waals surface area contributed by atoms with Gasteiger partial charge in [0.05, 0.1) is 11.1 Å². The first-order valence-corrected chi connectivity index (χ1v) is 6.96. The Morgan fingerprint density at radius 3 is 2.73 bits per heavy atom. The molecule has 0 bridgehead atoms. The lowest BCUT2D eigenvalue weighted by Crippen LogP contribution is -2.41. The number of carboxylic acid groups (broad SMARTS) is 1. The predicted molar refractivity (Wildman–Crippen MR) is 80.0 cm³/mol. The molecule has 1 heterocycles. The Labute approximate surface area is 127 Å². The maximum atomic E-state index is 13.6. The third-order valence-corrected chi connectivity index (χ3v) is 3.22. The first-order chi connectivity index (χ1) is 10.4. The number of rotatable bonds is 5. The zero-order chi connectivity index (χ0) is 16.3. The number of hydrogen-bond acceptors (Lipinski definition) is 3. The summed E-state index contributed by atoms with van der Waals surface area (Å²) in [7, 11) is 0. The number of carboxylic acids is 1. The molecular formula is C16H17FN2O3. The van der Waals surface area contributed by atoms with E-state index in [1.807, 2.05) is 13.8 Å². The number of aromatic nitrogens is 1. The molecule has 0 radical (unpaired) electrons. The van der Waals surface area contributed by atoms with Crippen LogP contribution in [0, 0.1) is 11.7 Å². The summed E-state index contributed by atoms with van der Waals surface area (Å²) in [5.41, 5.74) is 0.376. The summed E-state index contributed by atoms with van der Waals surface area (Å²) in [5.74, 6) is -2.22. The molecule has 1 amide bonds. The van der Waals surface area contributed by atoms with Crippen LogP contribution in [0.3, 0.4) is 0 Å². The van der Waals surface area contributed by atoms with Gasteiger partial charge < -0.3 is 10.4 Å². The second-order valence-electron chi connectivity index (χ2n) is 5.52. The van der Waals surface area contributed by atoms with Gasteiger partial charge in [0.15, 0.2) is 0 Å². The number of pyridine rings is 1. The standard InChI is InChI=1S/C16H17FN2O3/c1-9(2)6-13(16(21)22)19-15(20)12-8-11(17)7-10-4-3-5-18-14(10)12/h3-5,7-9,13H,6H2,1-2H3,(H,19,20)(H,21,22)/t13-/m0/s1. The van der Waals surface area contributed by atoms with Crippen molar-refractivity contribution in [2.24, 2.45) is 5.92 Å². The summed E-state index contributed by atoms with van der Waals surface area (Å²) < 4.78 is 13.6. The summed E-state index contributed by atoms with van der Waals surface area (Å²) in [6, 6.07) is 4.61. The molecule has 5 nitrogen and oxygen atoms in total. The highest BCUT2D eigenvalue weighted by Gasteiger charge is 2.23. The summed E-state index contributed by atoms with van der Waals surface area (Å²) in [5, 5.41) is 12.1. The molecule has 0 saturated carbocycles. The molecule has 0 saturated heterocycles. The Balaban J connectivity index is 2.35. The zero-order valence-electron chi connectivity index (χ0n) is 12.3. The monoisotopic (exact) mass is 304 g/mol. The maximum Gasteiger partial charge on any atom is 0.326 e. The predicted octanol–water partition coefficient (Wildman–Crippen LogP) is 2.60. The van der Waals surface area contributed by atoms with Gasteiger partial charge in [-0.15, -0.1) is 0 Å². The number of benzene rings is 1. The zero-order valence-corrected chi connectivity index (χ0v) is 12.3. The SMILES string of the molecule is CC(C)C[C@H](NC(=O)c1cc(F)cc2cccnc12)C(=O)O.